The summed E-state index contributed by atoms with van der Waals surface area (Å²) in [5.74, 6) is 0. The maximum Gasteiger partial charge on any atom is 0.261 e. The zero-order valence-corrected chi connectivity index (χ0v) is 12.3. The largest absolute Gasteiger partial charge is 0.324 e. The lowest BCUT2D eigenvalue weighted by Gasteiger charge is -2.10. The van der Waals surface area contributed by atoms with Crippen molar-refractivity contribution in [2.24, 2.45) is 5.73 Å². The highest BCUT2D eigenvalue weighted by atomic mass is 32.2. The Morgan fingerprint density at radius 3 is 2.43 bits per heavy atom. The molecule has 5 nitrogen and oxygen atoms in total. The van der Waals surface area contributed by atoms with Crippen molar-refractivity contribution in [3.63, 3.8) is 0 Å². The van der Waals surface area contributed by atoms with Crippen LogP contribution in [0.15, 0.2) is 53.4 Å². The fraction of sp³-hybridized carbons (Fsp3) is 0.133. The van der Waals surface area contributed by atoms with Crippen LogP contribution in [0.2, 0.25) is 0 Å². The smallest absolute Gasteiger partial charge is 0.261 e. The molecule has 2 aromatic carbocycles. The van der Waals surface area contributed by atoms with E-state index >= 15 is 0 Å². The molecule has 0 fully saturated rings. The van der Waals surface area contributed by atoms with Crippen molar-refractivity contribution >= 4 is 15.7 Å². The van der Waals surface area contributed by atoms with Crippen molar-refractivity contribution in [3.8, 4) is 6.07 Å². The Kier molecular flexibility index (Phi) is 4.26. The van der Waals surface area contributed by atoms with E-state index in [-0.39, 0.29) is 10.9 Å². The minimum Gasteiger partial charge on any atom is -0.324 e. The first-order chi connectivity index (χ1) is 9.92. The standard InChI is InChI=1S/C15H15N3O2S/c1-11(17)13-5-7-15(8-6-13)21(19,20)18-14-4-2-3-12(9-14)10-16/h2-9,11,18H,17H2,1H3. The van der Waals surface area contributed by atoms with E-state index in [9.17, 15) is 8.42 Å². The Balaban J connectivity index is 2.27. The van der Waals surface area contributed by atoms with Crippen molar-refractivity contribution in [2.45, 2.75) is 17.9 Å². The molecule has 0 saturated heterocycles. The summed E-state index contributed by atoms with van der Waals surface area (Å²) in [4.78, 5) is 0.147. The predicted octanol–water partition coefficient (Wildman–Crippen LogP) is 2.38. The number of sulfonamides is 1. The molecule has 0 spiro atoms. The minimum atomic E-state index is -3.68. The normalized spacial score (nSPS) is 12.4. The summed E-state index contributed by atoms with van der Waals surface area (Å²) >= 11 is 0. The summed E-state index contributed by atoms with van der Waals surface area (Å²) in [7, 11) is -3.68. The van der Waals surface area contributed by atoms with Crippen LogP contribution in [0.4, 0.5) is 5.69 Å². The average Bonchev–Trinajstić information content (AvgIpc) is 2.47. The molecular formula is C15H15N3O2S. The van der Waals surface area contributed by atoms with Crippen molar-refractivity contribution in [1.82, 2.24) is 0 Å². The zero-order chi connectivity index (χ0) is 15.5. The molecule has 2 rings (SSSR count). The van der Waals surface area contributed by atoms with Gasteiger partial charge in [0.05, 0.1) is 22.2 Å². The number of hydrogen-bond acceptors (Lipinski definition) is 4. The van der Waals surface area contributed by atoms with Gasteiger partial charge in [0.15, 0.2) is 0 Å². The number of nitriles is 1. The van der Waals surface area contributed by atoms with Gasteiger partial charge in [0.1, 0.15) is 0 Å². The molecule has 21 heavy (non-hydrogen) atoms. The molecule has 6 heteroatoms. The van der Waals surface area contributed by atoms with Gasteiger partial charge in [-0.1, -0.05) is 18.2 Å². The van der Waals surface area contributed by atoms with Crippen LogP contribution in [0.1, 0.15) is 24.1 Å². The number of nitrogens with zero attached hydrogens (tertiary/aromatic N) is 1. The third kappa shape index (κ3) is 3.60. The number of nitrogens with two attached hydrogens (primary N) is 1. The van der Waals surface area contributed by atoms with Gasteiger partial charge in [-0.05, 0) is 42.8 Å². The van der Waals surface area contributed by atoms with Crippen molar-refractivity contribution in [2.75, 3.05) is 4.72 Å². The second-order valence-corrected chi connectivity index (χ2v) is 6.34. The summed E-state index contributed by atoms with van der Waals surface area (Å²) in [6.07, 6.45) is 0. The topological polar surface area (TPSA) is 96.0 Å². The first-order valence-electron chi connectivity index (χ1n) is 6.31. The van der Waals surface area contributed by atoms with Crippen LogP contribution in [0.3, 0.4) is 0 Å². The average molecular weight is 301 g/mol. The molecule has 0 saturated carbocycles. The SMILES string of the molecule is CC(N)c1ccc(S(=O)(=O)Nc2cccc(C#N)c2)cc1. The number of hydrogen-bond donors (Lipinski definition) is 2. The first-order valence-corrected chi connectivity index (χ1v) is 7.79. The Hall–Kier alpha value is -2.36. The van der Waals surface area contributed by atoms with Crippen LogP contribution in [0.5, 0.6) is 0 Å². The molecule has 0 heterocycles. The molecule has 0 radical (unpaired) electrons. The van der Waals surface area contributed by atoms with E-state index in [2.05, 4.69) is 4.72 Å². The van der Waals surface area contributed by atoms with E-state index in [1.54, 1.807) is 30.3 Å². The van der Waals surface area contributed by atoms with Crippen molar-refractivity contribution in [3.05, 3.63) is 59.7 Å². The van der Waals surface area contributed by atoms with Crippen LogP contribution in [0, 0.1) is 11.3 Å². The van der Waals surface area contributed by atoms with Gasteiger partial charge >= 0.3 is 0 Å². The minimum absolute atomic E-state index is 0.147. The fourth-order valence-corrected chi connectivity index (χ4v) is 2.87. The lowest BCUT2D eigenvalue weighted by Crippen LogP contribution is -2.13. The third-order valence-electron chi connectivity index (χ3n) is 2.96. The van der Waals surface area contributed by atoms with Gasteiger partial charge < -0.3 is 5.73 Å². The van der Waals surface area contributed by atoms with E-state index in [0.717, 1.165) is 5.56 Å². The number of rotatable bonds is 4. The highest BCUT2D eigenvalue weighted by molar-refractivity contribution is 7.92. The molecular weight excluding hydrogens is 286 g/mol. The maximum atomic E-state index is 12.3. The molecule has 0 aliphatic heterocycles. The highest BCUT2D eigenvalue weighted by Crippen LogP contribution is 2.19. The molecule has 1 atom stereocenters. The van der Waals surface area contributed by atoms with Gasteiger partial charge in [0.2, 0.25) is 0 Å². The Morgan fingerprint density at radius 1 is 1.19 bits per heavy atom. The Labute approximate surface area is 124 Å². The summed E-state index contributed by atoms with van der Waals surface area (Å²) in [5, 5.41) is 8.82. The molecule has 0 aliphatic rings. The molecule has 1 unspecified atom stereocenters. The molecule has 0 aliphatic carbocycles. The number of anilines is 1. The fourth-order valence-electron chi connectivity index (χ4n) is 1.82. The lowest BCUT2D eigenvalue weighted by molar-refractivity contribution is 0.601. The quantitative estimate of drug-likeness (QED) is 0.906. The number of benzene rings is 2. The third-order valence-corrected chi connectivity index (χ3v) is 4.36. The number of nitrogens with one attached hydrogen (secondary N) is 1. The molecule has 3 N–H and O–H groups in total. The van der Waals surface area contributed by atoms with Gasteiger partial charge in [-0.3, -0.25) is 4.72 Å². The van der Waals surface area contributed by atoms with E-state index in [1.807, 2.05) is 13.0 Å². The van der Waals surface area contributed by atoms with Gasteiger partial charge in [-0.25, -0.2) is 8.42 Å². The Morgan fingerprint density at radius 2 is 1.86 bits per heavy atom. The van der Waals surface area contributed by atoms with Crippen LogP contribution in [-0.2, 0) is 10.0 Å². The predicted molar refractivity (Wildman–Crippen MR) is 81.0 cm³/mol. The second kappa shape index (κ2) is 5.95. The van der Waals surface area contributed by atoms with Crippen molar-refractivity contribution in [1.29, 1.82) is 5.26 Å². The van der Waals surface area contributed by atoms with E-state index < -0.39 is 10.0 Å². The van der Waals surface area contributed by atoms with Gasteiger partial charge in [-0.2, -0.15) is 5.26 Å². The maximum absolute atomic E-state index is 12.3. The first kappa shape index (κ1) is 15.0. The van der Waals surface area contributed by atoms with E-state index in [4.69, 9.17) is 11.0 Å². The second-order valence-electron chi connectivity index (χ2n) is 4.66. The van der Waals surface area contributed by atoms with Crippen LogP contribution in [-0.4, -0.2) is 8.42 Å². The van der Waals surface area contributed by atoms with Gasteiger partial charge in [-0.15, -0.1) is 0 Å². The van der Waals surface area contributed by atoms with Crippen LogP contribution in [0.25, 0.3) is 0 Å². The van der Waals surface area contributed by atoms with Gasteiger partial charge in [0.25, 0.3) is 10.0 Å². The van der Waals surface area contributed by atoms with Gasteiger partial charge in [0, 0.05) is 6.04 Å². The van der Waals surface area contributed by atoms with Crippen molar-refractivity contribution < 1.29 is 8.42 Å². The molecule has 0 bridgehead atoms. The Bertz CT molecular complexity index is 775. The summed E-state index contributed by atoms with van der Waals surface area (Å²) < 4.78 is 27.0. The lowest BCUT2D eigenvalue weighted by atomic mass is 10.1. The zero-order valence-electron chi connectivity index (χ0n) is 11.4. The van der Waals surface area contributed by atoms with Crippen LogP contribution < -0.4 is 10.5 Å². The van der Waals surface area contributed by atoms with Crippen LogP contribution >= 0.6 is 0 Å². The summed E-state index contributed by atoms with van der Waals surface area (Å²) in [5.41, 5.74) is 7.34. The molecule has 2 aromatic rings. The van der Waals surface area contributed by atoms with E-state index in [1.165, 1.54) is 18.2 Å². The highest BCUT2D eigenvalue weighted by Gasteiger charge is 2.14. The van der Waals surface area contributed by atoms with E-state index in [0.29, 0.717) is 11.3 Å². The molecule has 108 valence electrons. The monoisotopic (exact) mass is 301 g/mol. The molecule has 0 aromatic heterocycles. The summed E-state index contributed by atoms with van der Waals surface area (Å²) in [6, 6.07) is 14.5. The molecule has 0 amide bonds. The summed E-state index contributed by atoms with van der Waals surface area (Å²) in [6.45, 7) is 1.83.